The Kier molecular flexibility index (Phi) is 7.68. The van der Waals surface area contributed by atoms with Crippen molar-refractivity contribution in [1.82, 2.24) is 4.90 Å². The average molecular weight is 425 g/mol. The lowest BCUT2D eigenvalue weighted by Crippen LogP contribution is -2.29. The van der Waals surface area contributed by atoms with E-state index >= 15 is 0 Å². The number of amidine groups is 1. The molecule has 1 amide bonds. The fraction of sp³-hybridized carbons (Fsp3) is 0.261. The van der Waals surface area contributed by atoms with Gasteiger partial charge in [-0.1, -0.05) is 37.3 Å². The summed E-state index contributed by atoms with van der Waals surface area (Å²) < 4.78 is 10.2. The van der Waals surface area contributed by atoms with Gasteiger partial charge in [0.2, 0.25) is 0 Å². The Hall–Kier alpha value is -3.06. The summed E-state index contributed by atoms with van der Waals surface area (Å²) in [5.74, 6) is 0.117. The number of carbonyl (C=O) groups excluding carboxylic acids is 2. The largest absolute Gasteiger partial charge is 0.482 e. The summed E-state index contributed by atoms with van der Waals surface area (Å²) in [7, 11) is 0. The highest BCUT2D eigenvalue weighted by Crippen LogP contribution is 2.34. The minimum atomic E-state index is -0.405. The zero-order valence-electron chi connectivity index (χ0n) is 17.0. The van der Waals surface area contributed by atoms with E-state index in [-0.39, 0.29) is 12.5 Å². The number of ether oxygens (including phenoxy) is 2. The van der Waals surface area contributed by atoms with E-state index in [0.29, 0.717) is 29.0 Å². The van der Waals surface area contributed by atoms with E-state index in [0.717, 1.165) is 17.7 Å². The Balaban J connectivity index is 1.74. The normalized spacial score (nSPS) is 16.3. The Bertz CT molecular complexity index is 939. The van der Waals surface area contributed by atoms with Crippen LogP contribution in [0.2, 0.25) is 0 Å². The number of thioether (sulfide) groups is 1. The molecule has 0 atom stereocenters. The molecule has 0 aliphatic carbocycles. The van der Waals surface area contributed by atoms with Gasteiger partial charge in [-0.15, -0.1) is 0 Å². The molecule has 0 spiro atoms. The molecule has 1 aliphatic heterocycles. The molecule has 1 fully saturated rings. The second-order valence-electron chi connectivity index (χ2n) is 6.46. The van der Waals surface area contributed by atoms with Crippen molar-refractivity contribution >= 4 is 40.6 Å². The minimum absolute atomic E-state index is 0.0424. The molecule has 1 aliphatic rings. The predicted octanol–water partition coefficient (Wildman–Crippen LogP) is 4.64. The van der Waals surface area contributed by atoms with Gasteiger partial charge in [0.05, 0.1) is 17.2 Å². The molecule has 0 bridgehead atoms. The number of carbonyl (C=O) groups is 2. The average Bonchev–Trinajstić information content (AvgIpc) is 3.03. The molecule has 0 unspecified atom stereocenters. The van der Waals surface area contributed by atoms with Gasteiger partial charge in [-0.05, 0) is 61.0 Å². The van der Waals surface area contributed by atoms with Crippen LogP contribution < -0.4 is 4.74 Å². The van der Waals surface area contributed by atoms with Crippen LogP contribution in [0, 0.1) is 0 Å². The van der Waals surface area contributed by atoms with E-state index in [1.165, 1.54) is 11.8 Å². The molecule has 0 saturated carbocycles. The lowest BCUT2D eigenvalue weighted by atomic mass is 10.2. The van der Waals surface area contributed by atoms with E-state index in [4.69, 9.17) is 9.47 Å². The van der Waals surface area contributed by atoms with Crippen LogP contribution in [0.3, 0.4) is 0 Å². The third-order valence-electron chi connectivity index (χ3n) is 4.16. The molecule has 3 rings (SSSR count). The highest BCUT2D eigenvalue weighted by molar-refractivity contribution is 8.18. The van der Waals surface area contributed by atoms with Gasteiger partial charge in [0.1, 0.15) is 5.75 Å². The summed E-state index contributed by atoms with van der Waals surface area (Å²) >= 11 is 1.38. The molecule has 1 saturated heterocycles. The SMILES string of the molecule is CCCN1C(=O)C(=Cc2ccc(OCC(=O)OCC)cc2)SC1=Nc1ccccc1. The van der Waals surface area contributed by atoms with Gasteiger partial charge in [-0.25, -0.2) is 9.79 Å². The maximum Gasteiger partial charge on any atom is 0.344 e. The molecule has 0 aromatic heterocycles. The number of hydrogen-bond donors (Lipinski definition) is 0. The highest BCUT2D eigenvalue weighted by Gasteiger charge is 2.32. The quantitative estimate of drug-likeness (QED) is 0.456. The van der Waals surface area contributed by atoms with E-state index < -0.39 is 5.97 Å². The van der Waals surface area contributed by atoms with Crippen molar-refractivity contribution in [3.8, 4) is 5.75 Å². The van der Waals surface area contributed by atoms with E-state index in [1.54, 1.807) is 24.0 Å². The first kappa shape index (κ1) is 21.6. The van der Waals surface area contributed by atoms with Crippen LogP contribution in [0.1, 0.15) is 25.8 Å². The van der Waals surface area contributed by atoms with Crippen molar-refractivity contribution in [2.24, 2.45) is 4.99 Å². The molecule has 0 radical (unpaired) electrons. The highest BCUT2D eigenvalue weighted by atomic mass is 32.2. The van der Waals surface area contributed by atoms with Crippen LogP contribution in [0.5, 0.6) is 5.75 Å². The summed E-state index contributed by atoms with van der Waals surface area (Å²) in [4.78, 5) is 31.3. The number of para-hydroxylation sites is 1. The van der Waals surface area contributed by atoms with Crippen molar-refractivity contribution in [2.45, 2.75) is 20.3 Å². The van der Waals surface area contributed by atoms with E-state index in [1.807, 2.05) is 55.5 Å². The standard InChI is InChI=1S/C23H24N2O4S/c1-3-14-25-22(27)20(30-23(25)24-18-8-6-5-7-9-18)15-17-10-12-19(13-11-17)29-16-21(26)28-4-2/h5-13,15H,3-4,14,16H2,1-2H3. The van der Waals surface area contributed by atoms with Gasteiger partial charge in [0.15, 0.2) is 11.8 Å². The molecule has 0 N–H and O–H groups in total. The van der Waals surface area contributed by atoms with Crippen LogP contribution in [0.15, 0.2) is 64.5 Å². The zero-order valence-corrected chi connectivity index (χ0v) is 17.9. The number of esters is 1. The van der Waals surface area contributed by atoms with Crippen molar-refractivity contribution in [3.05, 3.63) is 65.1 Å². The summed E-state index contributed by atoms with van der Waals surface area (Å²) in [5, 5.41) is 0.689. The third kappa shape index (κ3) is 5.73. The molecular formula is C23H24N2O4S. The Morgan fingerprint density at radius 2 is 1.83 bits per heavy atom. The van der Waals surface area contributed by atoms with E-state index in [2.05, 4.69) is 4.99 Å². The van der Waals surface area contributed by atoms with Gasteiger partial charge in [-0.3, -0.25) is 9.69 Å². The van der Waals surface area contributed by atoms with Crippen LogP contribution >= 0.6 is 11.8 Å². The Labute approximate surface area is 180 Å². The molecule has 156 valence electrons. The Morgan fingerprint density at radius 1 is 1.10 bits per heavy atom. The number of aliphatic imine (C=N–C) groups is 1. The number of nitrogens with zero attached hydrogens (tertiary/aromatic N) is 2. The lowest BCUT2D eigenvalue weighted by molar-refractivity contribution is -0.145. The summed E-state index contributed by atoms with van der Waals surface area (Å²) in [5.41, 5.74) is 1.69. The number of benzene rings is 2. The topological polar surface area (TPSA) is 68.2 Å². The van der Waals surface area contributed by atoms with Crippen molar-refractivity contribution < 1.29 is 19.1 Å². The summed E-state index contributed by atoms with van der Waals surface area (Å²) in [6.07, 6.45) is 2.69. The first-order valence-electron chi connectivity index (χ1n) is 9.84. The second-order valence-corrected chi connectivity index (χ2v) is 7.47. The third-order valence-corrected chi connectivity index (χ3v) is 5.16. The van der Waals surface area contributed by atoms with Gasteiger partial charge in [0, 0.05) is 6.54 Å². The van der Waals surface area contributed by atoms with Crippen LogP contribution in [-0.4, -0.2) is 41.7 Å². The first-order valence-corrected chi connectivity index (χ1v) is 10.7. The van der Waals surface area contributed by atoms with Crippen LogP contribution in [0.25, 0.3) is 6.08 Å². The summed E-state index contributed by atoms with van der Waals surface area (Å²) in [6, 6.07) is 16.8. The zero-order chi connectivity index (χ0) is 21.3. The Morgan fingerprint density at radius 3 is 2.50 bits per heavy atom. The van der Waals surface area contributed by atoms with Crippen molar-refractivity contribution in [2.75, 3.05) is 19.8 Å². The van der Waals surface area contributed by atoms with Gasteiger partial charge < -0.3 is 9.47 Å². The predicted molar refractivity (Wildman–Crippen MR) is 120 cm³/mol. The maximum absolute atomic E-state index is 12.9. The van der Waals surface area contributed by atoms with Crippen molar-refractivity contribution in [1.29, 1.82) is 0 Å². The number of hydrogen-bond acceptors (Lipinski definition) is 6. The molecule has 30 heavy (non-hydrogen) atoms. The number of amides is 1. The van der Waals surface area contributed by atoms with E-state index in [9.17, 15) is 9.59 Å². The van der Waals surface area contributed by atoms with Gasteiger partial charge >= 0.3 is 5.97 Å². The van der Waals surface area contributed by atoms with Crippen LogP contribution in [0.4, 0.5) is 5.69 Å². The maximum atomic E-state index is 12.9. The molecule has 7 heteroatoms. The summed E-state index contributed by atoms with van der Waals surface area (Å²) in [6.45, 7) is 4.60. The minimum Gasteiger partial charge on any atom is -0.482 e. The monoisotopic (exact) mass is 424 g/mol. The number of rotatable bonds is 8. The fourth-order valence-electron chi connectivity index (χ4n) is 2.78. The second kappa shape index (κ2) is 10.6. The molecule has 6 nitrogen and oxygen atoms in total. The molecule has 1 heterocycles. The molecular weight excluding hydrogens is 400 g/mol. The van der Waals surface area contributed by atoms with Gasteiger partial charge in [0.25, 0.3) is 5.91 Å². The smallest absolute Gasteiger partial charge is 0.344 e. The first-order chi connectivity index (χ1) is 14.6. The lowest BCUT2D eigenvalue weighted by Gasteiger charge is -2.13. The molecule has 2 aromatic carbocycles. The van der Waals surface area contributed by atoms with Crippen molar-refractivity contribution in [3.63, 3.8) is 0 Å². The van der Waals surface area contributed by atoms with Gasteiger partial charge in [-0.2, -0.15) is 0 Å². The van der Waals surface area contributed by atoms with Crippen LogP contribution in [-0.2, 0) is 14.3 Å². The fourth-order valence-corrected chi connectivity index (χ4v) is 3.81. The molecule has 2 aromatic rings.